The van der Waals surface area contributed by atoms with Gasteiger partial charge in [-0.2, -0.15) is 0 Å². The molecule has 0 aliphatic carbocycles. The maximum atomic E-state index is 4.58. The van der Waals surface area contributed by atoms with Gasteiger partial charge in [-0.3, -0.25) is 0 Å². The van der Waals surface area contributed by atoms with Crippen molar-refractivity contribution in [3.8, 4) is 0 Å². The first-order valence-electron chi connectivity index (χ1n) is 6.20. The van der Waals surface area contributed by atoms with E-state index in [2.05, 4.69) is 29.0 Å². The molecule has 0 atom stereocenters. The molecule has 1 N–H and O–H groups in total. The maximum absolute atomic E-state index is 4.58. The van der Waals surface area contributed by atoms with Crippen LogP contribution in [0.1, 0.15) is 5.56 Å². The lowest BCUT2D eigenvalue weighted by Crippen LogP contribution is -1.93. The van der Waals surface area contributed by atoms with E-state index in [0.29, 0.717) is 0 Å². The summed E-state index contributed by atoms with van der Waals surface area (Å²) in [7, 11) is 0. The molecular weight excluding hydrogens is 232 g/mol. The zero-order chi connectivity index (χ0) is 13.1. The second kappa shape index (κ2) is 4.94. The minimum Gasteiger partial charge on any atom is -0.340 e. The molecular formula is C17H14N2. The van der Waals surface area contributed by atoms with Crippen LogP contribution in [0.4, 0.5) is 11.5 Å². The number of para-hydroxylation sites is 1. The van der Waals surface area contributed by atoms with Crippen LogP contribution in [-0.2, 0) is 0 Å². The third-order valence-corrected chi connectivity index (χ3v) is 3.02. The van der Waals surface area contributed by atoms with Gasteiger partial charge in [-0.1, -0.05) is 43.0 Å². The average molecular weight is 246 g/mol. The van der Waals surface area contributed by atoms with Gasteiger partial charge in [0.1, 0.15) is 5.82 Å². The summed E-state index contributed by atoms with van der Waals surface area (Å²) in [6.45, 7) is 3.75. The quantitative estimate of drug-likeness (QED) is 0.729. The van der Waals surface area contributed by atoms with E-state index in [0.717, 1.165) is 28.0 Å². The zero-order valence-corrected chi connectivity index (χ0v) is 10.5. The van der Waals surface area contributed by atoms with Crippen LogP contribution in [-0.4, -0.2) is 4.98 Å². The van der Waals surface area contributed by atoms with Crippen molar-refractivity contribution in [3.05, 3.63) is 72.8 Å². The molecule has 2 aromatic carbocycles. The summed E-state index contributed by atoms with van der Waals surface area (Å²) < 4.78 is 0. The standard InChI is InChI=1S/C17H14N2/c1-2-13-7-10-15(11-8-13)18-17-12-9-14-5-3-4-6-16(14)19-17/h2-12H,1H2,(H,18,19). The number of nitrogens with one attached hydrogen (secondary N) is 1. The molecule has 0 saturated carbocycles. The van der Waals surface area contributed by atoms with Crippen LogP contribution in [0.5, 0.6) is 0 Å². The summed E-state index contributed by atoms with van der Waals surface area (Å²) in [6, 6.07) is 20.2. The van der Waals surface area contributed by atoms with E-state index in [1.807, 2.05) is 54.6 Å². The molecule has 0 saturated heterocycles. The lowest BCUT2D eigenvalue weighted by Gasteiger charge is -2.07. The zero-order valence-electron chi connectivity index (χ0n) is 10.5. The van der Waals surface area contributed by atoms with Crippen molar-refractivity contribution in [1.29, 1.82) is 0 Å². The SMILES string of the molecule is C=Cc1ccc(Nc2ccc3ccccc3n2)cc1. The van der Waals surface area contributed by atoms with Crippen molar-refractivity contribution in [2.24, 2.45) is 0 Å². The number of hydrogen-bond donors (Lipinski definition) is 1. The number of aromatic nitrogens is 1. The molecule has 0 spiro atoms. The van der Waals surface area contributed by atoms with Gasteiger partial charge in [-0.25, -0.2) is 4.98 Å². The molecule has 2 nitrogen and oxygen atoms in total. The van der Waals surface area contributed by atoms with E-state index in [9.17, 15) is 0 Å². The van der Waals surface area contributed by atoms with Crippen LogP contribution in [0.2, 0.25) is 0 Å². The summed E-state index contributed by atoms with van der Waals surface area (Å²) in [4.78, 5) is 4.58. The Kier molecular flexibility index (Phi) is 2.99. The number of rotatable bonds is 3. The molecule has 19 heavy (non-hydrogen) atoms. The normalized spacial score (nSPS) is 10.3. The summed E-state index contributed by atoms with van der Waals surface area (Å²) in [6.07, 6.45) is 1.83. The second-order valence-electron chi connectivity index (χ2n) is 4.34. The molecule has 0 amide bonds. The summed E-state index contributed by atoms with van der Waals surface area (Å²) in [5.41, 5.74) is 3.13. The minimum absolute atomic E-state index is 0.852. The van der Waals surface area contributed by atoms with Gasteiger partial charge in [-0.15, -0.1) is 0 Å². The highest BCUT2D eigenvalue weighted by atomic mass is 15.0. The molecule has 3 aromatic rings. The van der Waals surface area contributed by atoms with Crippen molar-refractivity contribution in [2.45, 2.75) is 0 Å². The highest BCUT2D eigenvalue weighted by molar-refractivity contribution is 5.80. The van der Waals surface area contributed by atoms with E-state index in [1.54, 1.807) is 0 Å². The predicted octanol–water partition coefficient (Wildman–Crippen LogP) is 4.62. The Bertz CT molecular complexity index is 715. The number of anilines is 2. The number of benzene rings is 2. The maximum Gasteiger partial charge on any atom is 0.131 e. The Morgan fingerprint density at radius 1 is 0.895 bits per heavy atom. The number of hydrogen-bond acceptors (Lipinski definition) is 2. The second-order valence-corrected chi connectivity index (χ2v) is 4.34. The highest BCUT2D eigenvalue weighted by Crippen LogP contribution is 2.19. The third-order valence-electron chi connectivity index (χ3n) is 3.02. The van der Waals surface area contributed by atoms with Gasteiger partial charge in [0.2, 0.25) is 0 Å². The third kappa shape index (κ3) is 2.47. The van der Waals surface area contributed by atoms with Gasteiger partial charge < -0.3 is 5.32 Å². The Balaban J connectivity index is 1.89. The number of nitrogens with zero attached hydrogens (tertiary/aromatic N) is 1. The van der Waals surface area contributed by atoms with Crippen molar-refractivity contribution in [3.63, 3.8) is 0 Å². The van der Waals surface area contributed by atoms with Crippen molar-refractivity contribution < 1.29 is 0 Å². The molecule has 1 aromatic heterocycles. The smallest absolute Gasteiger partial charge is 0.131 e. The summed E-state index contributed by atoms with van der Waals surface area (Å²) in [5, 5.41) is 4.45. The molecule has 0 radical (unpaired) electrons. The van der Waals surface area contributed by atoms with Gasteiger partial charge in [0.15, 0.2) is 0 Å². The lowest BCUT2D eigenvalue weighted by atomic mass is 10.2. The van der Waals surface area contributed by atoms with Crippen LogP contribution in [0.3, 0.4) is 0 Å². The number of fused-ring (bicyclic) bond motifs is 1. The molecule has 3 rings (SSSR count). The van der Waals surface area contributed by atoms with Crippen molar-refractivity contribution >= 4 is 28.5 Å². The largest absolute Gasteiger partial charge is 0.340 e. The Labute approximate surface area is 112 Å². The Morgan fingerprint density at radius 2 is 1.68 bits per heavy atom. The topological polar surface area (TPSA) is 24.9 Å². The number of pyridine rings is 1. The highest BCUT2D eigenvalue weighted by Gasteiger charge is 1.98. The van der Waals surface area contributed by atoms with Gasteiger partial charge >= 0.3 is 0 Å². The Hall–Kier alpha value is -2.61. The van der Waals surface area contributed by atoms with Crippen molar-refractivity contribution in [1.82, 2.24) is 4.98 Å². The van der Waals surface area contributed by atoms with Crippen LogP contribution in [0.25, 0.3) is 17.0 Å². The van der Waals surface area contributed by atoms with E-state index in [1.165, 1.54) is 0 Å². The van der Waals surface area contributed by atoms with Gasteiger partial charge in [0, 0.05) is 11.1 Å². The predicted molar refractivity (Wildman–Crippen MR) is 81.6 cm³/mol. The Morgan fingerprint density at radius 3 is 2.47 bits per heavy atom. The van der Waals surface area contributed by atoms with Crippen molar-refractivity contribution in [2.75, 3.05) is 5.32 Å². The molecule has 92 valence electrons. The fourth-order valence-electron chi connectivity index (χ4n) is 1.99. The molecule has 0 bridgehead atoms. The first kappa shape index (κ1) is 11.5. The monoisotopic (exact) mass is 246 g/mol. The lowest BCUT2D eigenvalue weighted by molar-refractivity contribution is 1.37. The van der Waals surface area contributed by atoms with E-state index < -0.39 is 0 Å². The van der Waals surface area contributed by atoms with E-state index in [4.69, 9.17) is 0 Å². The average Bonchev–Trinajstić information content (AvgIpc) is 2.48. The van der Waals surface area contributed by atoms with Crippen LogP contribution < -0.4 is 5.32 Å². The van der Waals surface area contributed by atoms with E-state index >= 15 is 0 Å². The van der Waals surface area contributed by atoms with Crippen LogP contribution in [0, 0.1) is 0 Å². The van der Waals surface area contributed by atoms with Crippen LogP contribution in [0.15, 0.2) is 67.2 Å². The fraction of sp³-hybridized carbons (Fsp3) is 0. The minimum atomic E-state index is 0.852. The first-order valence-corrected chi connectivity index (χ1v) is 6.20. The van der Waals surface area contributed by atoms with Gasteiger partial charge in [-0.05, 0) is 35.9 Å². The summed E-state index contributed by atoms with van der Waals surface area (Å²) >= 11 is 0. The van der Waals surface area contributed by atoms with E-state index in [-0.39, 0.29) is 0 Å². The molecule has 2 heteroatoms. The van der Waals surface area contributed by atoms with Gasteiger partial charge in [0.25, 0.3) is 0 Å². The molecule has 0 fully saturated rings. The fourth-order valence-corrected chi connectivity index (χ4v) is 1.99. The first-order chi connectivity index (χ1) is 9.35. The molecule has 1 heterocycles. The molecule has 0 aliphatic heterocycles. The molecule has 0 aliphatic rings. The molecule has 0 unspecified atom stereocenters. The van der Waals surface area contributed by atoms with Gasteiger partial charge in [0.05, 0.1) is 5.52 Å². The van der Waals surface area contributed by atoms with Crippen LogP contribution >= 0.6 is 0 Å². The summed E-state index contributed by atoms with van der Waals surface area (Å²) in [5.74, 6) is 0.852.